The highest BCUT2D eigenvalue weighted by Gasteiger charge is 2.15. The van der Waals surface area contributed by atoms with E-state index in [-0.39, 0.29) is 23.6 Å². The second-order valence-corrected chi connectivity index (χ2v) is 5.21. The van der Waals surface area contributed by atoms with E-state index in [1.807, 2.05) is 19.1 Å². The summed E-state index contributed by atoms with van der Waals surface area (Å²) in [6.45, 7) is 6.16. The third-order valence-electron chi connectivity index (χ3n) is 3.63. The van der Waals surface area contributed by atoms with Crippen LogP contribution in [0.4, 0.5) is 0 Å². The Bertz CT molecular complexity index is 595. The molecule has 106 valence electrons. The summed E-state index contributed by atoms with van der Waals surface area (Å²) in [6, 6.07) is 12.9. The zero-order chi connectivity index (χ0) is 14.7. The highest BCUT2D eigenvalue weighted by atomic mass is 16.3. The Morgan fingerprint density at radius 3 is 2.25 bits per heavy atom. The third-order valence-corrected chi connectivity index (χ3v) is 3.63. The van der Waals surface area contributed by atoms with Gasteiger partial charge in [-0.3, -0.25) is 0 Å². The number of aromatic hydroxyl groups is 2. The minimum atomic E-state index is -0.0586. The maximum atomic E-state index is 9.89. The van der Waals surface area contributed by atoms with E-state index in [1.165, 1.54) is 23.3 Å². The number of hydrogen-bond donors (Lipinski definition) is 3. The van der Waals surface area contributed by atoms with Gasteiger partial charge in [-0.2, -0.15) is 0 Å². The van der Waals surface area contributed by atoms with Crippen LogP contribution in [0.1, 0.15) is 42.6 Å². The van der Waals surface area contributed by atoms with Crippen molar-refractivity contribution >= 4 is 0 Å². The van der Waals surface area contributed by atoms with E-state index >= 15 is 0 Å². The fourth-order valence-corrected chi connectivity index (χ4v) is 2.52. The summed E-state index contributed by atoms with van der Waals surface area (Å²) in [5, 5.41) is 22.9. The van der Waals surface area contributed by atoms with Crippen molar-refractivity contribution in [2.24, 2.45) is 0 Å². The number of benzene rings is 2. The third kappa shape index (κ3) is 3.11. The highest BCUT2D eigenvalue weighted by molar-refractivity contribution is 5.40. The molecule has 0 saturated carbocycles. The van der Waals surface area contributed by atoms with Gasteiger partial charge < -0.3 is 15.5 Å². The van der Waals surface area contributed by atoms with Crippen LogP contribution in [0.2, 0.25) is 0 Å². The molecule has 0 aliphatic heterocycles. The molecular weight excluding hydrogens is 250 g/mol. The van der Waals surface area contributed by atoms with E-state index < -0.39 is 0 Å². The SMILES string of the molecule is Cc1ccccc1[C@@H](C)NC(C)c1cc(O)ccc1O. The number of nitrogens with one attached hydrogen (secondary N) is 1. The number of rotatable bonds is 4. The molecule has 0 radical (unpaired) electrons. The molecule has 20 heavy (non-hydrogen) atoms. The van der Waals surface area contributed by atoms with E-state index in [0.29, 0.717) is 5.56 Å². The van der Waals surface area contributed by atoms with Gasteiger partial charge in [0.2, 0.25) is 0 Å². The Morgan fingerprint density at radius 1 is 0.900 bits per heavy atom. The van der Waals surface area contributed by atoms with Crippen molar-refractivity contribution in [2.75, 3.05) is 0 Å². The van der Waals surface area contributed by atoms with Crippen LogP contribution in [0.25, 0.3) is 0 Å². The molecule has 3 nitrogen and oxygen atoms in total. The van der Waals surface area contributed by atoms with Gasteiger partial charge >= 0.3 is 0 Å². The molecule has 0 fully saturated rings. The topological polar surface area (TPSA) is 52.5 Å². The average molecular weight is 271 g/mol. The average Bonchev–Trinajstić information content (AvgIpc) is 2.41. The minimum absolute atomic E-state index is 0.0586. The van der Waals surface area contributed by atoms with Crippen LogP contribution in [-0.2, 0) is 0 Å². The fraction of sp³-hybridized carbons (Fsp3) is 0.294. The van der Waals surface area contributed by atoms with Crippen LogP contribution in [0, 0.1) is 6.92 Å². The lowest BCUT2D eigenvalue weighted by Gasteiger charge is -2.22. The molecule has 3 heteroatoms. The van der Waals surface area contributed by atoms with Gasteiger partial charge in [0, 0.05) is 17.6 Å². The van der Waals surface area contributed by atoms with E-state index in [4.69, 9.17) is 0 Å². The standard InChI is InChI=1S/C17H21NO2/c1-11-6-4-5-7-15(11)12(2)18-13(3)16-10-14(19)8-9-17(16)20/h4-10,12-13,18-20H,1-3H3/t12-,13?/m1/s1. The molecular formula is C17H21NO2. The number of phenols is 2. The number of hydrogen-bond acceptors (Lipinski definition) is 3. The molecule has 2 rings (SSSR count). The predicted molar refractivity (Wildman–Crippen MR) is 80.9 cm³/mol. The lowest BCUT2D eigenvalue weighted by Crippen LogP contribution is -2.23. The zero-order valence-corrected chi connectivity index (χ0v) is 12.1. The molecule has 0 spiro atoms. The second-order valence-electron chi connectivity index (χ2n) is 5.21. The first-order chi connectivity index (χ1) is 9.49. The van der Waals surface area contributed by atoms with Gasteiger partial charge in [0.25, 0.3) is 0 Å². The molecule has 0 heterocycles. The fourth-order valence-electron chi connectivity index (χ4n) is 2.52. The van der Waals surface area contributed by atoms with Crippen LogP contribution in [0.3, 0.4) is 0 Å². The van der Waals surface area contributed by atoms with Crippen molar-refractivity contribution in [3.05, 3.63) is 59.2 Å². The molecule has 2 aromatic rings. The largest absolute Gasteiger partial charge is 0.508 e. The first-order valence-electron chi connectivity index (χ1n) is 6.82. The van der Waals surface area contributed by atoms with Crippen molar-refractivity contribution in [3.63, 3.8) is 0 Å². The summed E-state index contributed by atoms with van der Waals surface area (Å²) >= 11 is 0. The molecule has 2 aromatic carbocycles. The maximum Gasteiger partial charge on any atom is 0.120 e. The molecule has 3 N–H and O–H groups in total. The molecule has 0 saturated heterocycles. The Balaban J connectivity index is 2.17. The summed E-state index contributed by atoms with van der Waals surface area (Å²) < 4.78 is 0. The molecule has 2 atom stereocenters. The van der Waals surface area contributed by atoms with Gasteiger partial charge in [0.05, 0.1) is 0 Å². The van der Waals surface area contributed by atoms with Crippen molar-refractivity contribution in [3.8, 4) is 11.5 Å². The Hall–Kier alpha value is -2.00. The quantitative estimate of drug-likeness (QED) is 0.741. The zero-order valence-electron chi connectivity index (χ0n) is 12.1. The van der Waals surface area contributed by atoms with Gasteiger partial charge in [-0.25, -0.2) is 0 Å². The van der Waals surface area contributed by atoms with Crippen molar-refractivity contribution in [1.82, 2.24) is 5.32 Å². The number of phenolic OH excluding ortho intramolecular Hbond substituents is 2. The lowest BCUT2D eigenvalue weighted by molar-refractivity contribution is 0.429. The molecule has 0 bridgehead atoms. The van der Waals surface area contributed by atoms with Crippen LogP contribution >= 0.6 is 0 Å². The first-order valence-corrected chi connectivity index (χ1v) is 6.82. The van der Waals surface area contributed by atoms with Gasteiger partial charge in [-0.05, 0) is 50.1 Å². The Labute approximate surface area is 119 Å². The van der Waals surface area contributed by atoms with E-state index in [1.54, 1.807) is 6.07 Å². The summed E-state index contributed by atoms with van der Waals surface area (Å²) in [4.78, 5) is 0. The lowest BCUT2D eigenvalue weighted by atomic mass is 10.00. The van der Waals surface area contributed by atoms with Crippen molar-refractivity contribution < 1.29 is 10.2 Å². The van der Waals surface area contributed by atoms with Crippen molar-refractivity contribution in [2.45, 2.75) is 32.9 Å². The predicted octanol–water partition coefficient (Wildman–Crippen LogP) is 3.82. The summed E-state index contributed by atoms with van der Waals surface area (Å²) in [5.41, 5.74) is 3.17. The monoisotopic (exact) mass is 271 g/mol. The van der Waals surface area contributed by atoms with E-state index in [9.17, 15) is 10.2 Å². The summed E-state index contributed by atoms with van der Waals surface area (Å²) in [5.74, 6) is 0.356. The van der Waals surface area contributed by atoms with E-state index in [2.05, 4.69) is 31.3 Å². The van der Waals surface area contributed by atoms with Crippen LogP contribution in [0.5, 0.6) is 11.5 Å². The second kappa shape index (κ2) is 5.97. The molecule has 0 aliphatic carbocycles. The van der Waals surface area contributed by atoms with Gasteiger partial charge in [-0.15, -0.1) is 0 Å². The molecule has 0 aromatic heterocycles. The maximum absolute atomic E-state index is 9.89. The minimum Gasteiger partial charge on any atom is -0.508 e. The van der Waals surface area contributed by atoms with Gasteiger partial charge in [-0.1, -0.05) is 24.3 Å². The number of aryl methyl sites for hydroxylation is 1. The molecule has 0 aliphatic rings. The van der Waals surface area contributed by atoms with Gasteiger partial charge in [0.1, 0.15) is 11.5 Å². The van der Waals surface area contributed by atoms with Gasteiger partial charge in [0.15, 0.2) is 0 Å². The Morgan fingerprint density at radius 2 is 1.55 bits per heavy atom. The normalized spacial score (nSPS) is 13.9. The van der Waals surface area contributed by atoms with E-state index in [0.717, 1.165) is 0 Å². The molecule has 1 unspecified atom stereocenters. The summed E-state index contributed by atoms with van der Waals surface area (Å²) in [7, 11) is 0. The van der Waals surface area contributed by atoms with Crippen molar-refractivity contribution in [1.29, 1.82) is 0 Å². The molecule has 0 amide bonds. The summed E-state index contributed by atoms with van der Waals surface area (Å²) in [6.07, 6.45) is 0. The first kappa shape index (κ1) is 14.4. The Kier molecular flexibility index (Phi) is 4.30. The smallest absolute Gasteiger partial charge is 0.120 e. The van der Waals surface area contributed by atoms with Crippen LogP contribution in [0.15, 0.2) is 42.5 Å². The van der Waals surface area contributed by atoms with Crippen LogP contribution < -0.4 is 5.32 Å². The van der Waals surface area contributed by atoms with Crippen LogP contribution in [-0.4, -0.2) is 10.2 Å². The highest BCUT2D eigenvalue weighted by Crippen LogP contribution is 2.29.